The number of hydrogen-bond donors (Lipinski definition) is 1. The molecule has 0 heterocycles. The van der Waals surface area contributed by atoms with Crippen LogP contribution in [0.3, 0.4) is 0 Å². The van der Waals surface area contributed by atoms with Gasteiger partial charge < -0.3 is 5.11 Å². The van der Waals surface area contributed by atoms with Crippen LogP contribution in [0.4, 0.5) is 0 Å². The lowest BCUT2D eigenvalue weighted by Crippen LogP contribution is -2.34. The lowest BCUT2D eigenvalue weighted by atomic mass is 9.91. The first-order valence-electron chi connectivity index (χ1n) is 4.05. The summed E-state index contributed by atoms with van der Waals surface area (Å²) < 4.78 is 0. The molecule has 1 fully saturated rings. The SMILES string of the molecule is C=C(CC)C1(O)CCCC1=O. The lowest BCUT2D eigenvalue weighted by molar-refractivity contribution is -0.130. The maximum atomic E-state index is 11.2. The number of rotatable bonds is 2. The molecule has 0 aliphatic heterocycles. The minimum atomic E-state index is -1.17. The minimum Gasteiger partial charge on any atom is -0.378 e. The summed E-state index contributed by atoms with van der Waals surface area (Å²) in [5.74, 6) is -0.0515. The molecule has 0 amide bonds. The molecular formula is C9H14O2. The lowest BCUT2D eigenvalue weighted by Gasteiger charge is -2.22. The normalized spacial score (nSPS) is 30.9. The molecule has 1 unspecified atom stereocenters. The largest absolute Gasteiger partial charge is 0.378 e. The summed E-state index contributed by atoms with van der Waals surface area (Å²) in [7, 11) is 0. The third-order valence-electron chi connectivity index (χ3n) is 2.42. The quantitative estimate of drug-likeness (QED) is 0.611. The van der Waals surface area contributed by atoms with E-state index in [1.165, 1.54) is 0 Å². The molecule has 11 heavy (non-hydrogen) atoms. The monoisotopic (exact) mass is 154 g/mol. The van der Waals surface area contributed by atoms with E-state index in [0.717, 1.165) is 6.42 Å². The van der Waals surface area contributed by atoms with E-state index in [1.54, 1.807) is 0 Å². The second kappa shape index (κ2) is 2.78. The van der Waals surface area contributed by atoms with Crippen LogP contribution in [0.2, 0.25) is 0 Å². The van der Waals surface area contributed by atoms with E-state index >= 15 is 0 Å². The number of aliphatic hydroxyl groups is 1. The van der Waals surface area contributed by atoms with Crippen LogP contribution in [-0.4, -0.2) is 16.5 Å². The van der Waals surface area contributed by atoms with Crippen molar-refractivity contribution in [2.24, 2.45) is 0 Å². The van der Waals surface area contributed by atoms with Crippen LogP contribution in [0.25, 0.3) is 0 Å². The van der Waals surface area contributed by atoms with E-state index in [0.29, 0.717) is 24.8 Å². The van der Waals surface area contributed by atoms with Crippen LogP contribution < -0.4 is 0 Å². The van der Waals surface area contributed by atoms with Crippen LogP contribution in [0.1, 0.15) is 32.6 Å². The first-order chi connectivity index (χ1) is 5.11. The maximum absolute atomic E-state index is 11.2. The van der Waals surface area contributed by atoms with Gasteiger partial charge in [-0.3, -0.25) is 4.79 Å². The van der Waals surface area contributed by atoms with Crippen molar-refractivity contribution in [1.82, 2.24) is 0 Å². The Balaban J connectivity index is 2.80. The number of carbonyl (C=O) groups is 1. The van der Waals surface area contributed by atoms with Crippen molar-refractivity contribution in [1.29, 1.82) is 0 Å². The van der Waals surface area contributed by atoms with Gasteiger partial charge in [0.2, 0.25) is 0 Å². The Morgan fingerprint density at radius 1 is 1.82 bits per heavy atom. The molecule has 1 aliphatic carbocycles. The fourth-order valence-corrected chi connectivity index (χ4v) is 1.52. The van der Waals surface area contributed by atoms with Gasteiger partial charge in [-0.05, 0) is 24.8 Å². The summed E-state index contributed by atoms with van der Waals surface area (Å²) in [5.41, 5.74) is -0.505. The van der Waals surface area contributed by atoms with E-state index in [2.05, 4.69) is 6.58 Å². The maximum Gasteiger partial charge on any atom is 0.168 e. The average molecular weight is 154 g/mol. The van der Waals surface area contributed by atoms with Gasteiger partial charge in [0.25, 0.3) is 0 Å². The zero-order chi connectivity index (χ0) is 8.48. The summed E-state index contributed by atoms with van der Waals surface area (Å²) in [6.07, 6.45) is 2.56. The van der Waals surface area contributed by atoms with Gasteiger partial charge in [0, 0.05) is 6.42 Å². The Bertz CT molecular complexity index is 196. The van der Waals surface area contributed by atoms with Crippen LogP contribution in [0.15, 0.2) is 12.2 Å². The predicted molar refractivity (Wildman–Crippen MR) is 43.2 cm³/mol. The number of Topliss-reactive ketones (excluding diaryl/α,β-unsaturated/α-hetero) is 1. The molecule has 1 rings (SSSR count). The predicted octanol–water partition coefficient (Wildman–Crippen LogP) is 1.44. The van der Waals surface area contributed by atoms with Gasteiger partial charge in [-0.1, -0.05) is 13.5 Å². The Morgan fingerprint density at radius 2 is 2.45 bits per heavy atom. The standard InChI is InChI=1S/C9H14O2/c1-3-7(2)9(11)6-4-5-8(9)10/h11H,2-6H2,1H3. The Labute approximate surface area is 66.9 Å². The number of ketones is 1. The van der Waals surface area contributed by atoms with Gasteiger partial charge in [-0.25, -0.2) is 0 Å². The smallest absolute Gasteiger partial charge is 0.168 e. The van der Waals surface area contributed by atoms with Gasteiger partial charge in [0.15, 0.2) is 5.78 Å². The minimum absolute atomic E-state index is 0.0515. The van der Waals surface area contributed by atoms with Crippen LogP contribution in [-0.2, 0) is 4.79 Å². The Morgan fingerprint density at radius 3 is 2.82 bits per heavy atom. The van der Waals surface area contributed by atoms with Crippen molar-refractivity contribution >= 4 is 5.78 Å². The fourth-order valence-electron chi connectivity index (χ4n) is 1.52. The third-order valence-corrected chi connectivity index (χ3v) is 2.42. The van der Waals surface area contributed by atoms with E-state index in [9.17, 15) is 9.90 Å². The molecule has 0 saturated heterocycles. The van der Waals surface area contributed by atoms with Crippen LogP contribution >= 0.6 is 0 Å². The molecule has 1 aliphatic rings. The van der Waals surface area contributed by atoms with E-state index in [1.807, 2.05) is 6.92 Å². The summed E-state index contributed by atoms with van der Waals surface area (Å²) in [6, 6.07) is 0. The molecule has 2 nitrogen and oxygen atoms in total. The highest BCUT2D eigenvalue weighted by Gasteiger charge is 2.41. The van der Waals surface area contributed by atoms with Gasteiger partial charge in [-0.15, -0.1) is 0 Å². The third kappa shape index (κ3) is 1.23. The highest BCUT2D eigenvalue weighted by atomic mass is 16.3. The molecule has 0 radical (unpaired) electrons. The number of hydrogen-bond acceptors (Lipinski definition) is 2. The second-order valence-corrected chi connectivity index (χ2v) is 3.09. The fraction of sp³-hybridized carbons (Fsp3) is 0.667. The molecule has 0 spiro atoms. The molecule has 1 N–H and O–H groups in total. The molecule has 2 heteroatoms. The summed E-state index contributed by atoms with van der Waals surface area (Å²) >= 11 is 0. The molecular weight excluding hydrogens is 140 g/mol. The Kier molecular flexibility index (Phi) is 2.14. The Hall–Kier alpha value is -0.630. The van der Waals surface area contributed by atoms with Crippen molar-refractivity contribution in [2.45, 2.75) is 38.2 Å². The van der Waals surface area contributed by atoms with Crippen molar-refractivity contribution in [3.8, 4) is 0 Å². The first-order valence-corrected chi connectivity index (χ1v) is 4.05. The van der Waals surface area contributed by atoms with Crippen LogP contribution in [0, 0.1) is 0 Å². The van der Waals surface area contributed by atoms with Gasteiger partial charge in [0.05, 0.1) is 0 Å². The van der Waals surface area contributed by atoms with E-state index in [4.69, 9.17) is 0 Å². The second-order valence-electron chi connectivity index (χ2n) is 3.09. The highest BCUT2D eigenvalue weighted by Crippen LogP contribution is 2.32. The summed E-state index contributed by atoms with van der Waals surface area (Å²) in [4.78, 5) is 11.2. The van der Waals surface area contributed by atoms with Crippen molar-refractivity contribution < 1.29 is 9.90 Å². The molecule has 1 atom stereocenters. The zero-order valence-corrected chi connectivity index (χ0v) is 6.89. The highest BCUT2D eigenvalue weighted by molar-refractivity contribution is 5.92. The molecule has 0 aromatic carbocycles. The first kappa shape index (κ1) is 8.47. The van der Waals surface area contributed by atoms with E-state index < -0.39 is 5.60 Å². The van der Waals surface area contributed by atoms with Gasteiger partial charge in [0.1, 0.15) is 5.60 Å². The van der Waals surface area contributed by atoms with Gasteiger partial charge in [-0.2, -0.15) is 0 Å². The molecule has 0 aromatic rings. The summed E-state index contributed by atoms with van der Waals surface area (Å²) in [5, 5.41) is 9.78. The topological polar surface area (TPSA) is 37.3 Å². The van der Waals surface area contributed by atoms with Crippen molar-refractivity contribution in [2.75, 3.05) is 0 Å². The zero-order valence-electron chi connectivity index (χ0n) is 6.89. The van der Waals surface area contributed by atoms with Gasteiger partial charge >= 0.3 is 0 Å². The molecule has 0 bridgehead atoms. The molecule has 1 saturated carbocycles. The van der Waals surface area contributed by atoms with Crippen molar-refractivity contribution in [3.05, 3.63) is 12.2 Å². The molecule has 0 aromatic heterocycles. The van der Waals surface area contributed by atoms with Crippen LogP contribution in [0.5, 0.6) is 0 Å². The summed E-state index contributed by atoms with van der Waals surface area (Å²) in [6.45, 7) is 5.62. The molecule has 62 valence electrons. The van der Waals surface area contributed by atoms with Crippen molar-refractivity contribution in [3.63, 3.8) is 0 Å². The number of carbonyl (C=O) groups excluding carboxylic acids is 1. The average Bonchev–Trinajstić information content (AvgIpc) is 2.32. The van der Waals surface area contributed by atoms with E-state index in [-0.39, 0.29) is 5.78 Å².